The zero-order chi connectivity index (χ0) is 16.5. The average Bonchev–Trinajstić information content (AvgIpc) is 3.23. The third kappa shape index (κ3) is 2.62. The summed E-state index contributed by atoms with van der Waals surface area (Å²) in [4.78, 5) is 11.8. The van der Waals surface area contributed by atoms with E-state index in [-0.39, 0.29) is 0 Å². The largest absolute Gasteiger partial charge is 0.497 e. The molecule has 3 heterocycles. The highest BCUT2D eigenvalue weighted by atomic mass is 16.5. The van der Waals surface area contributed by atoms with Crippen molar-refractivity contribution in [1.82, 2.24) is 24.7 Å². The molecule has 24 heavy (non-hydrogen) atoms. The molecular formula is C18H17N5O. The maximum Gasteiger partial charge on any atom is 0.177 e. The van der Waals surface area contributed by atoms with Gasteiger partial charge in [0.25, 0.3) is 0 Å². The van der Waals surface area contributed by atoms with E-state index in [2.05, 4.69) is 26.1 Å². The lowest BCUT2D eigenvalue weighted by Crippen LogP contribution is -1.99. The van der Waals surface area contributed by atoms with Crippen molar-refractivity contribution in [1.29, 1.82) is 0 Å². The molecule has 6 heteroatoms. The molecule has 0 saturated carbocycles. The number of aromatic nitrogens is 5. The number of nitrogens with zero attached hydrogens (tertiary/aromatic N) is 4. The predicted octanol–water partition coefficient (Wildman–Crippen LogP) is 3.19. The van der Waals surface area contributed by atoms with E-state index in [4.69, 9.17) is 4.74 Å². The third-order valence-electron chi connectivity index (χ3n) is 4.05. The fourth-order valence-corrected chi connectivity index (χ4v) is 2.76. The number of ether oxygens (including phenoxy) is 1. The molecule has 4 rings (SSSR count). The van der Waals surface area contributed by atoms with E-state index < -0.39 is 0 Å². The Morgan fingerprint density at radius 1 is 1.21 bits per heavy atom. The minimum atomic E-state index is 0.711. The van der Waals surface area contributed by atoms with E-state index in [0.29, 0.717) is 6.54 Å². The number of rotatable bonds is 4. The first-order valence-corrected chi connectivity index (χ1v) is 7.69. The number of aromatic amines is 1. The number of imidazole rings is 1. The van der Waals surface area contributed by atoms with Gasteiger partial charge in [-0.15, -0.1) is 0 Å². The number of hydrogen-bond donors (Lipinski definition) is 1. The Morgan fingerprint density at radius 2 is 2.04 bits per heavy atom. The van der Waals surface area contributed by atoms with E-state index in [0.717, 1.165) is 33.7 Å². The molecule has 0 radical (unpaired) electrons. The zero-order valence-corrected chi connectivity index (χ0v) is 13.5. The first-order valence-electron chi connectivity index (χ1n) is 7.69. The van der Waals surface area contributed by atoms with Crippen LogP contribution in [0.25, 0.3) is 22.3 Å². The van der Waals surface area contributed by atoms with Crippen LogP contribution in [0.1, 0.15) is 11.3 Å². The molecule has 120 valence electrons. The fourth-order valence-electron chi connectivity index (χ4n) is 2.76. The second-order valence-electron chi connectivity index (χ2n) is 5.67. The van der Waals surface area contributed by atoms with E-state index in [9.17, 15) is 0 Å². The van der Waals surface area contributed by atoms with E-state index in [1.54, 1.807) is 13.4 Å². The van der Waals surface area contributed by atoms with Gasteiger partial charge in [0.15, 0.2) is 5.65 Å². The lowest BCUT2D eigenvalue weighted by molar-refractivity contribution is 0.414. The van der Waals surface area contributed by atoms with Gasteiger partial charge in [-0.3, -0.25) is 4.68 Å². The van der Waals surface area contributed by atoms with Crippen LogP contribution < -0.4 is 4.74 Å². The van der Waals surface area contributed by atoms with Gasteiger partial charge in [-0.1, -0.05) is 12.1 Å². The quantitative estimate of drug-likeness (QED) is 0.627. The Hall–Kier alpha value is -3.15. The van der Waals surface area contributed by atoms with Crippen LogP contribution in [0.15, 0.2) is 49.1 Å². The predicted molar refractivity (Wildman–Crippen MR) is 91.9 cm³/mol. The summed E-state index contributed by atoms with van der Waals surface area (Å²) in [5, 5.41) is 4.47. The normalized spacial score (nSPS) is 11.1. The molecule has 6 nitrogen and oxygen atoms in total. The standard InChI is InChI=1S/C18H17N5O/c1-12-16(7-17-18(22-12)20-11-19-17)14-8-21-23(10-14)9-13-3-5-15(24-2)6-4-13/h3-8,10-11H,9H2,1-2H3,(H,19,20,22). The topological polar surface area (TPSA) is 68.6 Å². The van der Waals surface area contributed by atoms with Crippen molar-refractivity contribution in [2.45, 2.75) is 13.5 Å². The molecule has 0 atom stereocenters. The van der Waals surface area contributed by atoms with Gasteiger partial charge in [-0.2, -0.15) is 5.10 Å². The van der Waals surface area contributed by atoms with E-state index in [1.807, 2.05) is 48.3 Å². The van der Waals surface area contributed by atoms with Crippen molar-refractivity contribution in [2.24, 2.45) is 0 Å². The highest BCUT2D eigenvalue weighted by Gasteiger charge is 2.09. The van der Waals surface area contributed by atoms with Crippen molar-refractivity contribution >= 4 is 11.2 Å². The highest BCUT2D eigenvalue weighted by Crippen LogP contribution is 2.24. The Balaban J connectivity index is 1.62. The average molecular weight is 319 g/mol. The molecule has 0 aliphatic heterocycles. The molecule has 0 spiro atoms. The van der Waals surface area contributed by atoms with Gasteiger partial charge in [-0.25, -0.2) is 9.97 Å². The van der Waals surface area contributed by atoms with Crippen LogP contribution in [0.5, 0.6) is 5.75 Å². The highest BCUT2D eigenvalue weighted by molar-refractivity contribution is 5.79. The van der Waals surface area contributed by atoms with Gasteiger partial charge in [0, 0.05) is 23.0 Å². The molecule has 0 bridgehead atoms. The summed E-state index contributed by atoms with van der Waals surface area (Å²) in [5.41, 5.74) is 5.89. The van der Waals surface area contributed by atoms with Crippen LogP contribution >= 0.6 is 0 Å². The number of fused-ring (bicyclic) bond motifs is 1. The minimum absolute atomic E-state index is 0.711. The molecule has 0 aliphatic carbocycles. The molecule has 4 aromatic rings. The van der Waals surface area contributed by atoms with Crippen molar-refractivity contribution in [2.75, 3.05) is 7.11 Å². The Labute approximate surface area is 139 Å². The number of aryl methyl sites for hydroxylation is 1. The van der Waals surface area contributed by atoms with Gasteiger partial charge in [0.05, 0.1) is 31.7 Å². The van der Waals surface area contributed by atoms with Crippen LogP contribution in [0.2, 0.25) is 0 Å². The first-order chi connectivity index (χ1) is 11.7. The molecule has 3 aromatic heterocycles. The Morgan fingerprint density at radius 3 is 2.83 bits per heavy atom. The monoisotopic (exact) mass is 319 g/mol. The number of pyridine rings is 1. The third-order valence-corrected chi connectivity index (χ3v) is 4.05. The molecule has 1 N–H and O–H groups in total. The first kappa shape index (κ1) is 14.4. The summed E-state index contributed by atoms with van der Waals surface area (Å²) in [6, 6.07) is 10.1. The summed E-state index contributed by atoms with van der Waals surface area (Å²) in [6.07, 6.45) is 5.57. The molecule has 0 saturated heterocycles. The molecular weight excluding hydrogens is 302 g/mol. The molecule has 1 aromatic carbocycles. The van der Waals surface area contributed by atoms with Crippen LogP contribution in [-0.2, 0) is 6.54 Å². The van der Waals surface area contributed by atoms with Gasteiger partial charge >= 0.3 is 0 Å². The second kappa shape index (κ2) is 5.81. The summed E-state index contributed by atoms with van der Waals surface area (Å²) in [5.74, 6) is 0.856. The van der Waals surface area contributed by atoms with Crippen molar-refractivity contribution in [3.63, 3.8) is 0 Å². The van der Waals surface area contributed by atoms with Crippen molar-refractivity contribution in [3.05, 3.63) is 60.3 Å². The van der Waals surface area contributed by atoms with Crippen molar-refractivity contribution in [3.8, 4) is 16.9 Å². The molecule has 0 unspecified atom stereocenters. The number of hydrogen-bond acceptors (Lipinski definition) is 4. The number of methoxy groups -OCH3 is 1. The molecule has 0 fully saturated rings. The maximum absolute atomic E-state index is 5.19. The zero-order valence-electron chi connectivity index (χ0n) is 13.5. The Kier molecular flexibility index (Phi) is 3.49. The molecule has 0 amide bonds. The van der Waals surface area contributed by atoms with Crippen LogP contribution in [0.4, 0.5) is 0 Å². The van der Waals surface area contributed by atoms with E-state index in [1.165, 1.54) is 5.56 Å². The minimum Gasteiger partial charge on any atom is -0.497 e. The fraction of sp³-hybridized carbons (Fsp3) is 0.167. The number of H-pyrrole nitrogens is 1. The van der Waals surface area contributed by atoms with E-state index >= 15 is 0 Å². The summed E-state index contributed by atoms with van der Waals surface area (Å²) < 4.78 is 7.11. The Bertz CT molecular complexity index is 984. The number of nitrogens with one attached hydrogen (secondary N) is 1. The molecule has 0 aliphatic rings. The van der Waals surface area contributed by atoms with Gasteiger partial charge < -0.3 is 9.72 Å². The number of benzene rings is 1. The van der Waals surface area contributed by atoms with Crippen LogP contribution in [-0.4, -0.2) is 31.8 Å². The van der Waals surface area contributed by atoms with Crippen LogP contribution in [0.3, 0.4) is 0 Å². The van der Waals surface area contributed by atoms with Gasteiger partial charge in [-0.05, 0) is 30.7 Å². The lowest BCUT2D eigenvalue weighted by Gasteiger charge is -2.04. The summed E-state index contributed by atoms with van der Waals surface area (Å²) in [7, 11) is 1.67. The van der Waals surface area contributed by atoms with Gasteiger partial charge in [0.1, 0.15) is 5.75 Å². The maximum atomic E-state index is 5.19. The summed E-state index contributed by atoms with van der Waals surface area (Å²) in [6.45, 7) is 2.70. The second-order valence-corrected chi connectivity index (χ2v) is 5.67. The smallest absolute Gasteiger partial charge is 0.177 e. The lowest BCUT2D eigenvalue weighted by atomic mass is 10.1. The van der Waals surface area contributed by atoms with Gasteiger partial charge in [0.2, 0.25) is 0 Å². The summed E-state index contributed by atoms with van der Waals surface area (Å²) >= 11 is 0. The van der Waals surface area contributed by atoms with Crippen molar-refractivity contribution < 1.29 is 4.74 Å². The SMILES string of the molecule is COc1ccc(Cn2cc(-c3cc4[nH]cnc4nc3C)cn2)cc1. The van der Waals surface area contributed by atoms with Crippen LogP contribution in [0, 0.1) is 6.92 Å².